The third-order valence-electron chi connectivity index (χ3n) is 3.71. The van der Waals surface area contributed by atoms with Gasteiger partial charge >= 0.3 is 0 Å². The molecule has 1 aliphatic rings. The van der Waals surface area contributed by atoms with Crippen molar-refractivity contribution in [3.63, 3.8) is 0 Å². The highest BCUT2D eigenvalue weighted by molar-refractivity contribution is 14.1. The number of amides is 1. The zero-order chi connectivity index (χ0) is 14.8. The highest BCUT2D eigenvalue weighted by Gasteiger charge is 2.33. The third kappa shape index (κ3) is 3.66. The van der Waals surface area contributed by atoms with Crippen molar-refractivity contribution in [3.8, 4) is 0 Å². The Balaban J connectivity index is 1.83. The second-order valence-corrected chi connectivity index (χ2v) is 7.42. The minimum Gasteiger partial charge on any atom is -0.345 e. The Morgan fingerprint density at radius 1 is 1.19 bits per heavy atom. The first kappa shape index (κ1) is 15.0. The van der Waals surface area contributed by atoms with E-state index in [0.717, 1.165) is 8.04 Å². The summed E-state index contributed by atoms with van der Waals surface area (Å²) in [5, 5.41) is 3.21. The Hall–Kier alpha value is -0.880. The van der Waals surface area contributed by atoms with Crippen LogP contribution in [0.15, 0.2) is 53.0 Å². The van der Waals surface area contributed by atoms with Gasteiger partial charge in [-0.15, -0.1) is 0 Å². The van der Waals surface area contributed by atoms with Crippen molar-refractivity contribution in [1.29, 1.82) is 0 Å². The summed E-state index contributed by atoms with van der Waals surface area (Å²) in [6.45, 7) is 0. The molecule has 0 saturated heterocycles. The fourth-order valence-electron chi connectivity index (χ4n) is 2.45. The summed E-state index contributed by atoms with van der Waals surface area (Å²) in [5.74, 6) is 0.555. The average molecular weight is 456 g/mol. The van der Waals surface area contributed by atoms with Gasteiger partial charge in [0.15, 0.2) is 0 Å². The van der Waals surface area contributed by atoms with Crippen molar-refractivity contribution in [2.45, 2.75) is 18.9 Å². The molecule has 0 bridgehead atoms. The normalized spacial score (nSPS) is 15.5. The van der Waals surface area contributed by atoms with Gasteiger partial charge in [-0.2, -0.15) is 0 Å². The van der Waals surface area contributed by atoms with Gasteiger partial charge in [0.05, 0.1) is 11.6 Å². The van der Waals surface area contributed by atoms with Gasteiger partial charge < -0.3 is 5.32 Å². The van der Waals surface area contributed by atoms with Crippen molar-refractivity contribution in [1.82, 2.24) is 5.32 Å². The maximum absolute atomic E-state index is 12.6. The lowest BCUT2D eigenvalue weighted by atomic mass is 10.0. The molecule has 1 saturated carbocycles. The Kier molecular flexibility index (Phi) is 4.64. The van der Waals surface area contributed by atoms with Crippen LogP contribution in [0.3, 0.4) is 0 Å². The van der Waals surface area contributed by atoms with Crippen molar-refractivity contribution < 1.29 is 4.79 Å². The molecule has 2 nitrogen and oxygen atoms in total. The summed E-state index contributed by atoms with van der Waals surface area (Å²) in [7, 11) is 0. The number of nitrogens with one attached hydrogen (secondary N) is 1. The fraction of sp³-hybridized carbons (Fsp3) is 0.235. The number of carbonyl (C=O) groups excluding carboxylic acids is 1. The smallest absolute Gasteiger partial charge is 0.252 e. The molecule has 0 aromatic heterocycles. The first-order valence-electron chi connectivity index (χ1n) is 6.96. The van der Waals surface area contributed by atoms with Gasteiger partial charge in [-0.05, 0) is 81.0 Å². The lowest BCUT2D eigenvalue weighted by Gasteiger charge is -2.19. The minimum absolute atomic E-state index is 0.0128. The van der Waals surface area contributed by atoms with Crippen molar-refractivity contribution in [3.05, 3.63) is 67.7 Å². The third-order valence-corrected chi connectivity index (χ3v) is 5.07. The first-order valence-corrected chi connectivity index (χ1v) is 8.83. The van der Waals surface area contributed by atoms with Crippen LogP contribution >= 0.6 is 38.5 Å². The lowest BCUT2D eigenvalue weighted by Crippen LogP contribution is -2.30. The zero-order valence-electron chi connectivity index (χ0n) is 11.4. The van der Waals surface area contributed by atoms with Crippen LogP contribution in [0.5, 0.6) is 0 Å². The monoisotopic (exact) mass is 455 g/mol. The summed E-state index contributed by atoms with van der Waals surface area (Å²) in [6.07, 6.45) is 2.38. The number of benzene rings is 2. The SMILES string of the molecule is O=C(NC(c1ccccc1)C1CC1)c1cc(I)ccc1Br. The Morgan fingerprint density at radius 3 is 2.57 bits per heavy atom. The Morgan fingerprint density at radius 2 is 1.90 bits per heavy atom. The van der Waals surface area contributed by atoms with E-state index in [9.17, 15) is 4.79 Å². The van der Waals surface area contributed by atoms with Gasteiger partial charge in [0, 0.05) is 8.04 Å². The summed E-state index contributed by atoms with van der Waals surface area (Å²) >= 11 is 5.69. The summed E-state index contributed by atoms with van der Waals surface area (Å²) in [4.78, 5) is 12.6. The fourth-order valence-corrected chi connectivity index (χ4v) is 3.37. The molecule has 1 fully saturated rings. The predicted octanol–water partition coefficient (Wildman–Crippen LogP) is 4.93. The van der Waals surface area contributed by atoms with E-state index in [1.807, 2.05) is 36.4 Å². The molecule has 1 atom stereocenters. The van der Waals surface area contributed by atoms with Crippen LogP contribution in [0.1, 0.15) is 34.8 Å². The van der Waals surface area contributed by atoms with Crippen LogP contribution in [0.4, 0.5) is 0 Å². The maximum atomic E-state index is 12.6. The molecule has 1 N–H and O–H groups in total. The molecule has 1 amide bonds. The second kappa shape index (κ2) is 6.48. The number of rotatable bonds is 4. The number of hydrogen-bond donors (Lipinski definition) is 1. The van der Waals surface area contributed by atoms with Gasteiger partial charge in [-0.1, -0.05) is 30.3 Å². The molecular weight excluding hydrogens is 441 g/mol. The second-order valence-electron chi connectivity index (χ2n) is 5.32. The van der Waals surface area contributed by atoms with Crippen molar-refractivity contribution in [2.75, 3.05) is 0 Å². The molecule has 4 heteroatoms. The molecule has 3 rings (SSSR count). The van der Waals surface area contributed by atoms with E-state index in [4.69, 9.17) is 0 Å². The van der Waals surface area contributed by atoms with E-state index in [1.54, 1.807) is 0 Å². The molecular formula is C17H15BrINO. The van der Waals surface area contributed by atoms with Crippen LogP contribution < -0.4 is 5.32 Å². The van der Waals surface area contributed by atoms with Crippen LogP contribution in [0.2, 0.25) is 0 Å². The van der Waals surface area contributed by atoms with E-state index in [-0.39, 0.29) is 11.9 Å². The van der Waals surface area contributed by atoms with E-state index in [1.165, 1.54) is 18.4 Å². The Labute approximate surface area is 146 Å². The standard InChI is InChI=1S/C17H15BrINO/c18-15-9-8-13(19)10-14(15)17(21)20-16(12-6-7-12)11-4-2-1-3-5-11/h1-5,8-10,12,16H,6-7H2,(H,20,21). The summed E-state index contributed by atoms with van der Waals surface area (Å²) in [5.41, 5.74) is 1.89. The minimum atomic E-state index is -0.0128. The maximum Gasteiger partial charge on any atom is 0.252 e. The van der Waals surface area contributed by atoms with Crippen LogP contribution in [0, 0.1) is 9.49 Å². The number of carbonyl (C=O) groups is 1. The zero-order valence-corrected chi connectivity index (χ0v) is 15.1. The highest BCUT2D eigenvalue weighted by Crippen LogP contribution is 2.41. The molecule has 1 unspecified atom stereocenters. The van der Waals surface area contributed by atoms with Gasteiger partial charge in [0.1, 0.15) is 0 Å². The van der Waals surface area contributed by atoms with Crippen LogP contribution in [-0.4, -0.2) is 5.91 Å². The number of halogens is 2. The molecule has 0 heterocycles. The molecule has 0 radical (unpaired) electrons. The first-order chi connectivity index (χ1) is 10.1. The van der Waals surface area contributed by atoms with Crippen molar-refractivity contribution in [2.24, 2.45) is 5.92 Å². The van der Waals surface area contributed by atoms with Gasteiger partial charge in [-0.3, -0.25) is 4.79 Å². The predicted molar refractivity (Wildman–Crippen MR) is 96.2 cm³/mol. The highest BCUT2D eigenvalue weighted by atomic mass is 127. The average Bonchev–Trinajstić information content (AvgIpc) is 3.32. The largest absolute Gasteiger partial charge is 0.345 e. The molecule has 21 heavy (non-hydrogen) atoms. The van der Waals surface area contributed by atoms with Gasteiger partial charge in [0.2, 0.25) is 0 Å². The van der Waals surface area contributed by atoms with E-state index >= 15 is 0 Å². The molecule has 2 aromatic rings. The molecule has 108 valence electrons. The van der Waals surface area contributed by atoms with Gasteiger partial charge in [0.25, 0.3) is 5.91 Å². The summed E-state index contributed by atoms with van der Waals surface area (Å²) in [6, 6.07) is 16.2. The van der Waals surface area contributed by atoms with E-state index in [0.29, 0.717) is 11.5 Å². The van der Waals surface area contributed by atoms with Crippen LogP contribution in [-0.2, 0) is 0 Å². The molecule has 0 aliphatic heterocycles. The molecule has 1 aliphatic carbocycles. The topological polar surface area (TPSA) is 29.1 Å². The molecule has 0 spiro atoms. The lowest BCUT2D eigenvalue weighted by molar-refractivity contribution is 0.0931. The molecule has 2 aromatic carbocycles. The van der Waals surface area contributed by atoms with Gasteiger partial charge in [-0.25, -0.2) is 0 Å². The van der Waals surface area contributed by atoms with E-state index in [2.05, 4.69) is 56.0 Å². The van der Waals surface area contributed by atoms with Crippen molar-refractivity contribution >= 4 is 44.4 Å². The Bertz CT molecular complexity index is 655. The van der Waals surface area contributed by atoms with Crippen LogP contribution in [0.25, 0.3) is 0 Å². The van der Waals surface area contributed by atoms with E-state index < -0.39 is 0 Å². The number of hydrogen-bond acceptors (Lipinski definition) is 1. The quantitative estimate of drug-likeness (QED) is 0.650. The summed E-state index contributed by atoms with van der Waals surface area (Å²) < 4.78 is 1.90.